The van der Waals surface area contributed by atoms with Crippen LogP contribution in [0.2, 0.25) is 0 Å². The molecule has 0 amide bonds. The summed E-state index contributed by atoms with van der Waals surface area (Å²) in [6, 6.07) is 12.6. The number of rotatable bonds is 4. The summed E-state index contributed by atoms with van der Waals surface area (Å²) in [5.74, 6) is 0. The summed E-state index contributed by atoms with van der Waals surface area (Å²) in [5.41, 5.74) is 7.22. The third kappa shape index (κ3) is 2.70. The molecule has 0 saturated carbocycles. The molecule has 108 valence electrons. The van der Waals surface area contributed by atoms with Crippen molar-refractivity contribution in [1.82, 2.24) is 14.8 Å². The molecule has 1 aromatic carbocycles. The predicted octanol–water partition coefficient (Wildman–Crippen LogP) is 3.64. The van der Waals surface area contributed by atoms with Crippen LogP contribution in [-0.4, -0.2) is 14.8 Å². The summed E-state index contributed by atoms with van der Waals surface area (Å²) < 4.78 is 2.22. The number of aryl methyl sites for hydroxylation is 1. The second-order valence-electron chi connectivity index (χ2n) is 5.36. The fraction of sp³-hybridized carbons (Fsp3) is 0.235. The largest absolute Gasteiger partial charge is 0.381 e. The predicted molar refractivity (Wildman–Crippen MR) is 86.2 cm³/mol. The SMILES string of the molecule is Cc1cc(CNc2cccc(-c3ccn[nH]3)c2)c(C)n1C. The first-order valence-electron chi connectivity index (χ1n) is 7.10. The average Bonchev–Trinajstić information content (AvgIpc) is 3.11. The van der Waals surface area contributed by atoms with Crippen molar-refractivity contribution in [3.05, 3.63) is 59.5 Å². The number of nitrogens with zero attached hydrogens (tertiary/aromatic N) is 2. The van der Waals surface area contributed by atoms with Gasteiger partial charge in [0.1, 0.15) is 0 Å². The van der Waals surface area contributed by atoms with E-state index in [-0.39, 0.29) is 0 Å². The van der Waals surface area contributed by atoms with Gasteiger partial charge >= 0.3 is 0 Å². The van der Waals surface area contributed by atoms with Crippen LogP contribution < -0.4 is 5.32 Å². The summed E-state index contributed by atoms with van der Waals surface area (Å²) in [4.78, 5) is 0. The number of benzene rings is 1. The van der Waals surface area contributed by atoms with Crippen molar-refractivity contribution in [3.8, 4) is 11.3 Å². The Hall–Kier alpha value is -2.49. The Labute approximate surface area is 124 Å². The molecule has 21 heavy (non-hydrogen) atoms. The van der Waals surface area contributed by atoms with Crippen LogP contribution in [0.4, 0.5) is 5.69 Å². The summed E-state index contributed by atoms with van der Waals surface area (Å²) in [6.07, 6.45) is 1.77. The van der Waals surface area contributed by atoms with Crippen molar-refractivity contribution in [2.45, 2.75) is 20.4 Å². The van der Waals surface area contributed by atoms with Crippen LogP contribution in [0.5, 0.6) is 0 Å². The molecule has 0 aliphatic rings. The van der Waals surface area contributed by atoms with Gasteiger partial charge in [-0.15, -0.1) is 0 Å². The number of aromatic nitrogens is 3. The number of aromatic amines is 1. The number of anilines is 1. The van der Waals surface area contributed by atoms with E-state index in [2.05, 4.69) is 71.3 Å². The van der Waals surface area contributed by atoms with E-state index < -0.39 is 0 Å². The zero-order valence-electron chi connectivity index (χ0n) is 12.6. The summed E-state index contributed by atoms with van der Waals surface area (Å²) in [5, 5.41) is 10.5. The highest BCUT2D eigenvalue weighted by Crippen LogP contribution is 2.21. The molecule has 0 aliphatic carbocycles. The topological polar surface area (TPSA) is 45.6 Å². The Morgan fingerprint density at radius 2 is 2.05 bits per heavy atom. The fourth-order valence-corrected chi connectivity index (χ4v) is 2.52. The maximum absolute atomic E-state index is 4.00. The van der Waals surface area contributed by atoms with Gasteiger partial charge in [-0.1, -0.05) is 12.1 Å². The normalized spacial score (nSPS) is 10.8. The van der Waals surface area contributed by atoms with Crippen LogP contribution in [0.3, 0.4) is 0 Å². The van der Waals surface area contributed by atoms with Crippen molar-refractivity contribution in [2.24, 2.45) is 7.05 Å². The molecular weight excluding hydrogens is 260 g/mol. The Morgan fingerprint density at radius 3 is 2.71 bits per heavy atom. The highest BCUT2D eigenvalue weighted by atomic mass is 15.1. The van der Waals surface area contributed by atoms with E-state index in [0.717, 1.165) is 23.5 Å². The molecule has 0 fully saturated rings. The molecule has 4 heteroatoms. The van der Waals surface area contributed by atoms with E-state index >= 15 is 0 Å². The first-order valence-corrected chi connectivity index (χ1v) is 7.10. The smallest absolute Gasteiger partial charge is 0.0650 e. The van der Waals surface area contributed by atoms with Crippen LogP contribution in [0.25, 0.3) is 11.3 Å². The van der Waals surface area contributed by atoms with E-state index in [1.165, 1.54) is 17.0 Å². The lowest BCUT2D eigenvalue weighted by Crippen LogP contribution is -2.01. The second kappa shape index (κ2) is 5.48. The first-order chi connectivity index (χ1) is 10.1. The van der Waals surface area contributed by atoms with Gasteiger partial charge in [0.2, 0.25) is 0 Å². The van der Waals surface area contributed by atoms with Gasteiger partial charge in [0.05, 0.1) is 5.69 Å². The van der Waals surface area contributed by atoms with Crippen LogP contribution in [0.1, 0.15) is 17.0 Å². The zero-order chi connectivity index (χ0) is 14.8. The van der Waals surface area contributed by atoms with Crippen molar-refractivity contribution in [3.63, 3.8) is 0 Å². The third-order valence-corrected chi connectivity index (χ3v) is 4.04. The van der Waals surface area contributed by atoms with Crippen molar-refractivity contribution in [2.75, 3.05) is 5.32 Å². The Morgan fingerprint density at radius 1 is 1.19 bits per heavy atom. The van der Waals surface area contributed by atoms with Crippen molar-refractivity contribution >= 4 is 5.69 Å². The van der Waals surface area contributed by atoms with Gasteiger partial charge in [0, 0.05) is 42.4 Å². The fourth-order valence-electron chi connectivity index (χ4n) is 2.52. The molecule has 0 radical (unpaired) electrons. The van der Waals surface area contributed by atoms with E-state index in [1.807, 2.05) is 6.07 Å². The van der Waals surface area contributed by atoms with E-state index in [9.17, 15) is 0 Å². The van der Waals surface area contributed by atoms with Crippen LogP contribution in [-0.2, 0) is 13.6 Å². The highest BCUT2D eigenvalue weighted by Gasteiger charge is 2.06. The van der Waals surface area contributed by atoms with Crippen molar-refractivity contribution in [1.29, 1.82) is 0 Å². The van der Waals surface area contributed by atoms with Crippen molar-refractivity contribution < 1.29 is 0 Å². The summed E-state index contributed by atoms with van der Waals surface area (Å²) in [6.45, 7) is 5.13. The molecule has 2 N–H and O–H groups in total. The van der Waals surface area contributed by atoms with E-state index in [0.29, 0.717) is 0 Å². The minimum Gasteiger partial charge on any atom is -0.381 e. The molecule has 0 spiro atoms. The van der Waals surface area contributed by atoms with E-state index in [1.54, 1.807) is 6.20 Å². The maximum Gasteiger partial charge on any atom is 0.0650 e. The first kappa shape index (κ1) is 13.5. The minimum atomic E-state index is 0.833. The van der Waals surface area contributed by atoms with Gasteiger partial charge in [-0.3, -0.25) is 5.10 Å². The quantitative estimate of drug-likeness (QED) is 0.766. The molecule has 0 bridgehead atoms. The average molecular weight is 280 g/mol. The molecule has 0 atom stereocenters. The standard InChI is InChI=1S/C17H20N4/c1-12-9-15(13(2)21(12)3)11-18-16-6-4-5-14(10-16)17-7-8-19-20-17/h4-10,18H,11H2,1-3H3,(H,19,20). The monoisotopic (exact) mass is 280 g/mol. The Balaban J connectivity index is 1.76. The Bertz CT molecular complexity index is 738. The molecule has 2 heterocycles. The number of nitrogens with one attached hydrogen (secondary N) is 2. The van der Waals surface area contributed by atoms with Crippen LogP contribution in [0, 0.1) is 13.8 Å². The molecular formula is C17H20N4. The van der Waals surface area contributed by atoms with Gasteiger partial charge in [-0.05, 0) is 43.7 Å². The Kier molecular flexibility index (Phi) is 3.52. The number of hydrogen-bond acceptors (Lipinski definition) is 2. The second-order valence-corrected chi connectivity index (χ2v) is 5.36. The minimum absolute atomic E-state index is 0.833. The summed E-state index contributed by atoms with van der Waals surface area (Å²) in [7, 11) is 2.10. The van der Waals surface area contributed by atoms with E-state index in [4.69, 9.17) is 0 Å². The van der Waals surface area contributed by atoms with Crippen LogP contribution in [0.15, 0.2) is 42.6 Å². The van der Waals surface area contributed by atoms with Gasteiger partial charge in [0.15, 0.2) is 0 Å². The molecule has 2 aromatic heterocycles. The lowest BCUT2D eigenvalue weighted by molar-refractivity contribution is 0.837. The molecule has 0 aliphatic heterocycles. The van der Waals surface area contributed by atoms with Gasteiger partial charge in [-0.2, -0.15) is 5.10 Å². The lowest BCUT2D eigenvalue weighted by atomic mass is 10.1. The molecule has 0 unspecified atom stereocenters. The third-order valence-electron chi connectivity index (χ3n) is 4.04. The molecule has 3 aromatic rings. The lowest BCUT2D eigenvalue weighted by Gasteiger charge is -2.08. The maximum atomic E-state index is 4.00. The van der Waals surface area contributed by atoms with Crippen LogP contribution >= 0.6 is 0 Å². The number of hydrogen-bond donors (Lipinski definition) is 2. The van der Waals surface area contributed by atoms with Gasteiger partial charge < -0.3 is 9.88 Å². The van der Waals surface area contributed by atoms with Gasteiger partial charge in [-0.25, -0.2) is 0 Å². The van der Waals surface area contributed by atoms with Gasteiger partial charge in [0.25, 0.3) is 0 Å². The summed E-state index contributed by atoms with van der Waals surface area (Å²) >= 11 is 0. The zero-order valence-corrected chi connectivity index (χ0v) is 12.6. The highest BCUT2D eigenvalue weighted by molar-refractivity contribution is 5.64. The molecule has 3 rings (SSSR count). The molecule has 0 saturated heterocycles. The molecule has 4 nitrogen and oxygen atoms in total. The number of H-pyrrole nitrogens is 1.